The third-order valence-electron chi connectivity index (χ3n) is 5.64. The minimum absolute atomic E-state index is 0.0517. The van der Waals surface area contributed by atoms with Crippen molar-refractivity contribution in [1.29, 1.82) is 0 Å². The number of sulfonamides is 1. The standard InChI is InChI=1S/C20H22ClN5O5S/c1-26-16-13(10-24-25-18(16)31-11-20(6-7-20)32(22,29)30)8-15(19(26)28)17(27)23-9-12-2-4-14(21)5-3-12/h2-5,8,10,19,28H,6-7,9,11H2,1H3,(H,23,27)(H2,22,29,30). The highest BCUT2D eigenvalue weighted by Gasteiger charge is 2.54. The van der Waals surface area contributed by atoms with Crippen molar-refractivity contribution in [1.82, 2.24) is 15.5 Å². The van der Waals surface area contributed by atoms with Crippen LogP contribution in [-0.4, -0.2) is 54.3 Å². The van der Waals surface area contributed by atoms with Crippen molar-refractivity contribution in [2.24, 2.45) is 5.14 Å². The van der Waals surface area contributed by atoms with E-state index < -0.39 is 26.9 Å². The number of carbonyl (C=O) groups is 1. The molecule has 1 aromatic heterocycles. The number of ether oxygens (including phenoxy) is 1. The molecule has 4 rings (SSSR count). The SMILES string of the molecule is CN1c2c(cnnc2OCC2(S(N)(=O)=O)CC2)C=C(C(=O)NCc2ccc(Cl)cc2)C1O. The predicted molar refractivity (Wildman–Crippen MR) is 118 cm³/mol. The molecule has 2 heterocycles. The van der Waals surface area contributed by atoms with Gasteiger partial charge in [-0.2, -0.15) is 5.10 Å². The fraction of sp³-hybridized carbons (Fsp3) is 0.350. The molecular weight excluding hydrogens is 458 g/mol. The molecule has 4 N–H and O–H groups in total. The Bertz CT molecular complexity index is 1180. The summed E-state index contributed by atoms with van der Waals surface area (Å²) in [6, 6.07) is 7.04. The average molecular weight is 480 g/mol. The zero-order valence-corrected chi connectivity index (χ0v) is 18.7. The van der Waals surface area contributed by atoms with E-state index in [0.29, 0.717) is 29.1 Å². The van der Waals surface area contributed by atoms with E-state index in [1.165, 1.54) is 17.2 Å². The van der Waals surface area contributed by atoms with E-state index in [4.69, 9.17) is 21.5 Å². The third kappa shape index (κ3) is 4.29. The maximum Gasteiger partial charge on any atom is 0.258 e. The van der Waals surface area contributed by atoms with Crippen LogP contribution in [0.25, 0.3) is 6.08 Å². The summed E-state index contributed by atoms with van der Waals surface area (Å²) in [5.41, 5.74) is 1.87. The molecule has 1 atom stereocenters. The Morgan fingerprint density at radius 3 is 2.69 bits per heavy atom. The highest BCUT2D eigenvalue weighted by molar-refractivity contribution is 7.90. The minimum atomic E-state index is -3.77. The molecule has 1 saturated carbocycles. The fourth-order valence-corrected chi connectivity index (χ4v) is 4.45. The van der Waals surface area contributed by atoms with Crippen LogP contribution in [0.4, 0.5) is 5.69 Å². The van der Waals surface area contributed by atoms with Crippen molar-refractivity contribution in [3.05, 3.63) is 52.2 Å². The van der Waals surface area contributed by atoms with Gasteiger partial charge in [0.1, 0.15) is 17.0 Å². The van der Waals surface area contributed by atoms with Gasteiger partial charge in [-0.3, -0.25) is 4.79 Å². The van der Waals surface area contributed by atoms with Crippen LogP contribution >= 0.6 is 11.6 Å². The summed E-state index contributed by atoms with van der Waals surface area (Å²) in [6.07, 6.45) is 2.48. The number of nitrogens with zero attached hydrogens (tertiary/aromatic N) is 3. The molecule has 0 bridgehead atoms. The summed E-state index contributed by atoms with van der Waals surface area (Å²) in [4.78, 5) is 14.1. The number of nitrogens with two attached hydrogens (primary N) is 1. The molecular formula is C20H22ClN5O5S. The third-order valence-corrected chi connectivity index (χ3v) is 7.63. The number of benzene rings is 1. The predicted octanol–water partition coefficient (Wildman–Crippen LogP) is 0.798. The smallest absolute Gasteiger partial charge is 0.258 e. The van der Waals surface area contributed by atoms with Gasteiger partial charge >= 0.3 is 0 Å². The highest BCUT2D eigenvalue weighted by atomic mass is 35.5. The van der Waals surface area contributed by atoms with E-state index in [0.717, 1.165) is 5.56 Å². The van der Waals surface area contributed by atoms with E-state index >= 15 is 0 Å². The van der Waals surface area contributed by atoms with Crippen LogP contribution in [0, 0.1) is 0 Å². The molecule has 32 heavy (non-hydrogen) atoms. The second-order valence-electron chi connectivity index (χ2n) is 7.86. The number of nitrogens with one attached hydrogen (secondary N) is 1. The number of likely N-dealkylation sites (N-methyl/N-ethyl adjacent to an activating group) is 1. The number of fused-ring (bicyclic) bond motifs is 1. The molecule has 1 fully saturated rings. The fourth-order valence-electron chi connectivity index (χ4n) is 3.43. The number of rotatable bonds is 7. The number of amides is 1. The van der Waals surface area contributed by atoms with Crippen LogP contribution in [0.5, 0.6) is 5.88 Å². The second-order valence-corrected chi connectivity index (χ2v) is 10.3. The highest BCUT2D eigenvalue weighted by Crippen LogP contribution is 2.43. The Hall–Kier alpha value is -2.73. The lowest BCUT2D eigenvalue weighted by atomic mass is 10.0. The van der Waals surface area contributed by atoms with Gasteiger partial charge in [0.15, 0.2) is 6.23 Å². The van der Waals surface area contributed by atoms with E-state index in [-0.39, 0.29) is 24.6 Å². The first-order valence-corrected chi connectivity index (χ1v) is 11.7. The lowest BCUT2D eigenvalue weighted by Gasteiger charge is -2.32. The first kappa shape index (κ1) is 22.5. The number of aliphatic hydroxyl groups is 1. The van der Waals surface area contributed by atoms with Crippen molar-refractivity contribution in [3.63, 3.8) is 0 Å². The molecule has 1 unspecified atom stereocenters. The number of anilines is 1. The van der Waals surface area contributed by atoms with Gasteiger partial charge in [-0.15, -0.1) is 5.10 Å². The normalized spacial score (nSPS) is 19.1. The van der Waals surface area contributed by atoms with Crippen LogP contribution in [0.15, 0.2) is 36.0 Å². The van der Waals surface area contributed by atoms with Gasteiger partial charge in [-0.05, 0) is 36.6 Å². The number of hydrogen-bond acceptors (Lipinski definition) is 8. The molecule has 0 spiro atoms. The Labute approximate surface area is 190 Å². The molecule has 170 valence electrons. The summed E-state index contributed by atoms with van der Waals surface area (Å²) < 4.78 is 28.1. The van der Waals surface area contributed by atoms with Crippen molar-refractivity contribution < 1.29 is 23.1 Å². The van der Waals surface area contributed by atoms with Crippen LogP contribution < -0.4 is 20.1 Å². The molecule has 2 aromatic rings. The largest absolute Gasteiger partial charge is 0.473 e. The van der Waals surface area contributed by atoms with Crippen LogP contribution in [0.2, 0.25) is 5.02 Å². The topological polar surface area (TPSA) is 148 Å². The Morgan fingerprint density at radius 1 is 1.38 bits per heavy atom. The zero-order valence-electron chi connectivity index (χ0n) is 17.2. The summed E-state index contributed by atoms with van der Waals surface area (Å²) >= 11 is 5.87. The summed E-state index contributed by atoms with van der Waals surface area (Å²) in [5, 5.41) is 27.2. The Morgan fingerprint density at radius 2 is 2.06 bits per heavy atom. The van der Waals surface area contributed by atoms with Crippen LogP contribution in [0.1, 0.15) is 24.0 Å². The van der Waals surface area contributed by atoms with Crippen LogP contribution in [-0.2, 0) is 21.4 Å². The molecule has 2 aliphatic rings. The lowest BCUT2D eigenvalue weighted by Crippen LogP contribution is -2.42. The Balaban J connectivity index is 1.53. The molecule has 0 radical (unpaired) electrons. The molecule has 10 nitrogen and oxygen atoms in total. The molecule has 12 heteroatoms. The summed E-state index contributed by atoms with van der Waals surface area (Å²) in [7, 11) is -2.19. The second kappa shape index (κ2) is 8.32. The first-order chi connectivity index (χ1) is 15.1. The first-order valence-electron chi connectivity index (χ1n) is 9.77. The zero-order chi connectivity index (χ0) is 23.1. The van der Waals surface area contributed by atoms with Gasteiger partial charge < -0.3 is 20.1 Å². The number of aliphatic hydroxyl groups excluding tert-OH is 1. The number of aromatic nitrogens is 2. The molecule has 1 aliphatic carbocycles. The lowest BCUT2D eigenvalue weighted by molar-refractivity contribution is -0.118. The minimum Gasteiger partial charge on any atom is -0.473 e. The van der Waals surface area contributed by atoms with Gasteiger partial charge in [0, 0.05) is 24.2 Å². The van der Waals surface area contributed by atoms with Crippen LogP contribution in [0.3, 0.4) is 0 Å². The van der Waals surface area contributed by atoms with Gasteiger partial charge in [0.25, 0.3) is 11.8 Å². The van der Waals surface area contributed by atoms with Gasteiger partial charge in [-0.1, -0.05) is 23.7 Å². The molecule has 1 amide bonds. The van der Waals surface area contributed by atoms with Crippen molar-refractivity contribution >= 4 is 39.3 Å². The molecule has 0 saturated heterocycles. The van der Waals surface area contributed by atoms with Gasteiger partial charge in [0.05, 0.1) is 11.8 Å². The number of carbonyl (C=O) groups excluding carboxylic acids is 1. The van der Waals surface area contributed by atoms with Crippen molar-refractivity contribution in [2.45, 2.75) is 30.4 Å². The van der Waals surface area contributed by atoms with Gasteiger partial charge in [0.2, 0.25) is 10.0 Å². The Kier molecular flexibility index (Phi) is 5.84. The average Bonchev–Trinajstić information content (AvgIpc) is 3.55. The maximum absolute atomic E-state index is 12.7. The maximum atomic E-state index is 12.7. The molecule has 1 aliphatic heterocycles. The quantitative estimate of drug-likeness (QED) is 0.528. The number of primary sulfonamides is 1. The van der Waals surface area contributed by atoms with E-state index in [1.54, 1.807) is 31.3 Å². The monoisotopic (exact) mass is 479 g/mol. The number of hydrogen-bond donors (Lipinski definition) is 3. The van der Waals surface area contributed by atoms with E-state index in [2.05, 4.69) is 15.5 Å². The van der Waals surface area contributed by atoms with E-state index in [1.807, 2.05) is 0 Å². The summed E-state index contributed by atoms with van der Waals surface area (Å²) in [6.45, 7) is 0.0916. The van der Waals surface area contributed by atoms with Gasteiger partial charge in [-0.25, -0.2) is 13.6 Å². The van der Waals surface area contributed by atoms with Crippen molar-refractivity contribution in [3.8, 4) is 5.88 Å². The summed E-state index contributed by atoms with van der Waals surface area (Å²) in [5.74, 6) is -0.397. The number of halogens is 1. The molecule has 1 aromatic carbocycles. The van der Waals surface area contributed by atoms with Crippen molar-refractivity contribution in [2.75, 3.05) is 18.6 Å². The van der Waals surface area contributed by atoms with E-state index in [9.17, 15) is 18.3 Å².